The number of carbonyl (C=O) groups excluding carboxylic acids is 1. The summed E-state index contributed by atoms with van der Waals surface area (Å²) in [7, 11) is 1.36. The quantitative estimate of drug-likeness (QED) is 0.809. The van der Waals surface area contributed by atoms with E-state index in [1.807, 2.05) is 30.3 Å². The zero-order valence-electron chi connectivity index (χ0n) is 9.93. The zero-order chi connectivity index (χ0) is 12.3. The summed E-state index contributed by atoms with van der Waals surface area (Å²) < 4.78 is 4.84. The molecule has 0 saturated carbocycles. The topological polar surface area (TPSA) is 49.8 Å². The number of carbonyl (C=O) groups is 1. The highest BCUT2D eigenvalue weighted by Gasteiger charge is 2.48. The van der Waals surface area contributed by atoms with E-state index < -0.39 is 5.54 Å². The molecule has 1 saturated heterocycles. The molecule has 1 aromatic rings. The lowest BCUT2D eigenvalue weighted by atomic mass is 9.89. The first-order valence-corrected chi connectivity index (χ1v) is 5.78. The van der Waals surface area contributed by atoms with Crippen molar-refractivity contribution in [1.29, 1.82) is 0 Å². The third-order valence-electron chi connectivity index (χ3n) is 3.36. The molecule has 1 fully saturated rings. The van der Waals surface area contributed by atoms with Crippen LogP contribution in [-0.4, -0.2) is 35.4 Å². The summed E-state index contributed by atoms with van der Waals surface area (Å²) >= 11 is 0. The Morgan fingerprint density at radius 3 is 2.71 bits per heavy atom. The van der Waals surface area contributed by atoms with Gasteiger partial charge in [0.05, 0.1) is 7.11 Å². The van der Waals surface area contributed by atoms with Crippen molar-refractivity contribution in [3.63, 3.8) is 0 Å². The SMILES string of the molecule is COC(=O)[C@]1(Cc2ccccc2)CCCN1O. The highest BCUT2D eigenvalue weighted by atomic mass is 16.5. The normalized spacial score (nSPS) is 24.8. The highest BCUT2D eigenvalue weighted by Crippen LogP contribution is 2.32. The largest absolute Gasteiger partial charge is 0.468 e. The lowest BCUT2D eigenvalue weighted by Gasteiger charge is -2.31. The van der Waals surface area contributed by atoms with Gasteiger partial charge in [0, 0.05) is 13.0 Å². The molecule has 1 N–H and O–H groups in total. The molecular formula is C13H17NO3. The van der Waals surface area contributed by atoms with Crippen molar-refractivity contribution in [2.24, 2.45) is 0 Å². The van der Waals surface area contributed by atoms with Gasteiger partial charge < -0.3 is 9.94 Å². The van der Waals surface area contributed by atoms with Gasteiger partial charge >= 0.3 is 5.97 Å². The molecule has 0 bridgehead atoms. The van der Waals surface area contributed by atoms with Crippen LogP contribution in [0.4, 0.5) is 0 Å². The Kier molecular flexibility index (Phi) is 3.45. The minimum Gasteiger partial charge on any atom is -0.468 e. The Labute approximate surface area is 101 Å². The van der Waals surface area contributed by atoms with E-state index in [-0.39, 0.29) is 5.97 Å². The fourth-order valence-corrected chi connectivity index (χ4v) is 2.45. The van der Waals surface area contributed by atoms with Crippen LogP contribution >= 0.6 is 0 Å². The Bertz CT molecular complexity index is 393. The van der Waals surface area contributed by atoms with E-state index in [9.17, 15) is 10.0 Å². The molecule has 1 heterocycles. The predicted octanol–water partition coefficient (Wildman–Crippen LogP) is 1.63. The van der Waals surface area contributed by atoms with E-state index in [1.54, 1.807) is 0 Å². The maximum Gasteiger partial charge on any atom is 0.328 e. The fraction of sp³-hybridized carbons (Fsp3) is 0.462. The molecule has 0 radical (unpaired) electrons. The third kappa shape index (κ3) is 2.18. The average molecular weight is 235 g/mol. The van der Waals surface area contributed by atoms with Gasteiger partial charge in [-0.05, 0) is 18.4 Å². The van der Waals surface area contributed by atoms with E-state index in [4.69, 9.17) is 4.74 Å². The van der Waals surface area contributed by atoms with Crippen molar-refractivity contribution in [2.75, 3.05) is 13.7 Å². The first kappa shape index (κ1) is 12.1. The molecule has 2 rings (SSSR count). The van der Waals surface area contributed by atoms with Gasteiger partial charge in [-0.25, -0.2) is 4.79 Å². The summed E-state index contributed by atoms with van der Waals surface area (Å²) in [4.78, 5) is 11.9. The van der Waals surface area contributed by atoms with Crippen LogP contribution in [0.3, 0.4) is 0 Å². The molecule has 17 heavy (non-hydrogen) atoms. The van der Waals surface area contributed by atoms with Crippen molar-refractivity contribution in [1.82, 2.24) is 5.06 Å². The van der Waals surface area contributed by atoms with Crippen LogP contribution in [0.1, 0.15) is 18.4 Å². The molecule has 1 aromatic carbocycles. The minimum atomic E-state index is -0.907. The predicted molar refractivity (Wildman–Crippen MR) is 62.6 cm³/mol. The molecule has 0 aromatic heterocycles. The monoisotopic (exact) mass is 235 g/mol. The fourth-order valence-electron chi connectivity index (χ4n) is 2.45. The van der Waals surface area contributed by atoms with Crippen molar-refractivity contribution in [3.05, 3.63) is 35.9 Å². The van der Waals surface area contributed by atoms with Crippen LogP contribution in [0.5, 0.6) is 0 Å². The molecule has 0 unspecified atom stereocenters. The maximum absolute atomic E-state index is 11.9. The van der Waals surface area contributed by atoms with Crippen LogP contribution < -0.4 is 0 Å². The number of methoxy groups -OCH3 is 1. The molecule has 4 heteroatoms. The Morgan fingerprint density at radius 1 is 1.47 bits per heavy atom. The lowest BCUT2D eigenvalue weighted by molar-refractivity contribution is -0.187. The summed E-state index contributed by atoms with van der Waals surface area (Å²) in [6.45, 7) is 0.516. The van der Waals surface area contributed by atoms with Gasteiger partial charge in [0.1, 0.15) is 5.54 Å². The molecule has 1 aliphatic heterocycles. The van der Waals surface area contributed by atoms with E-state index in [0.717, 1.165) is 17.0 Å². The minimum absolute atomic E-state index is 0.360. The van der Waals surface area contributed by atoms with Gasteiger partial charge in [0.15, 0.2) is 0 Å². The molecule has 0 aliphatic carbocycles. The van der Waals surface area contributed by atoms with Gasteiger partial charge in [-0.1, -0.05) is 30.3 Å². The molecule has 0 spiro atoms. The zero-order valence-corrected chi connectivity index (χ0v) is 9.93. The van der Waals surface area contributed by atoms with Gasteiger partial charge in [0.25, 0.3) is 0 Å². The molecular weight excluding hydrogens is 218 g/mol. The van der Waals surface area contributed by atoms with Gasteiger partial charge in [-0.15, -0.1) is 0 Å². The van der Waals surface area contributed by atoms with Crippen LogP contribution in [0.2, 0.25) is 0 Å². The average Bonchev–Trinajstić information content (AvgIpc) is 2.72. The summed E-state index contributed by atoms with van der Waals surface area (Å²) in [5.41, 5.74) is 0.120. The lowest BCUT2D eigenvalue weighted by Crippen LogP contribution is -2.51. The van der Waals surface area contributed by atoms with Crippen LogP contribution in [0.15, 0.2) is 30.3 Å². The first-order valence-electron chi connectivity index (χ1n) is 5.78. The second-order valence-electron chi connectivity index (χ2n) is 4.41. The Balaban J connectivity index is 2.26. The summed E-state index contributed by atoms with van der Waals surface area (Å²) in [5.74, 6) is -0.360. The third-order valence-corrected chi connectivity index (χ3v) is 3.36. The van der Waals surface area contributed by atoms with Crippen LogP contribution in [-0.2, 0) is 16.0 Å². The number of ether oxygens (including phenoxy) is 1. The van der Waals surface area contributed by atoms with Crippen molar-refractivity contribution in [3.8, 4) is 0 Å². The smallest absolute Gasteiger partial charge is 0.328 e. The van der Waals surface area contributed by atoms with Gasteiger partial charge in [-0.2, -0.15) is 5.06 Å². The maximum atomic E-state index is 11.9. The summed E-state index contributed by atoms with van der Waals surface area (Å²) in [6, 6.07) is 9.70. The van der Waals surface area contributed by atoms with E-state index >= 15 is 0 Å². The van der Waals surface area contributed by atoms with E-state index in [2.05, 4.69) is 0 Å². The molecule has 0 amide bonds. The van der Waals surface area contributed by atoms with Crippen LogP contribution in [0, 0.1) is 0 Å². The Hall–Kier alpha value is -1.39. The van der Waals surface area contributed by atoms with Crippen LogP contribution in [0.25, 0.3) is 0 Å². The van der Waals surface area contributed by atoms with Crippen molar-refractivity contribution < 1.29 is 14.7 Å². The summed E-state index contributed by atoms with van der Waals surface area (Å²) in [5, 5.41) is 11.1. The van der Waals surface area contributed by atoms with Gasteiger partial charge in [-0.3, -0.25) is 0 Å². The first-order chi connectivity index (χ1) is 8.19. The highest BCUT2D eigenvalue weighted by molar-refractivity contribution is 5.81. The number of benzene rings is 1. The number of esters is 1. The molecule has 1 atom stereocenters. The summed E-state index contributed by atoms with van der Waals surface area (Å²) in [6.07, 6.45) is 1.92. The number of nitrogens with zero attached hydrogens (tertiary/aromatic N) is 1. The Morgan fingerprint density at radius 2 is 2.18 bits per heavy atom. The number of hydrogen-bond donors (Lipinski definition) is 1. The molecule has 92 valence electrons. The second-order valence-corrected chi connectivity index (χ2v) is 4.41. The molecule has 4 nitrogen and oxygen atoms in total. The molecule has 1 aliphatic rings. The van der Waals surface area contributed by atoms with Crippen molar-refractivity contribution >= 4 is 5.97 Å². The van der Waals surface area contributed by atoms with E-state index in [0.29, 0.717) is 19.4 Å². The number of hydrogen-bond acceptors (Lipinski definition) is 4. The van der Waals surface area contributed by atoms with E-state index in [1.165, 1.54) is 7.11 Å². The number of rotatable bonds is 3. The standard InChI is InChI=1S/C13H17NO3/c1-17-12(15)13(8-5-9-14(13)16)10-11-6-3-2-4-7-11/h2-4,6-7,16H,5,8-10H2,1H3/t13-/m1/s1. The van der Waals surface area contributed by atoms with Gasteiger partial charge in [0.2, 0.25) is 0 Å². The van der Waals surface area contributed by atoms with Crippen molar-refractivity contribution in [2.45, 2.75) is 24.8 Å². The number of hydroxylamine groups is 2. The second kappa shape index (κ2) is 4.85.